The number of carbonyl (C=O) groups excluding carboxylic acids is 3. The fourth-order valence-electron chi connectivity index (χ4n) is 2.27. The molecule has 0 radical (unpaired) electrons. The first-order valence-corrected chi connectivity index (χ1v) is 10.2. The summed E-state index contributed by atoms with van der Waals surface area (Å²) in [5.41, 5.74) is 0.268. The van der Waals surface area contributed by atoms with E-state index in [4.69, 9.17) is 4.74 Å². The summed E-state index contributed by atoms with van der Waals surface area (Å²) < 4.78 is 31.2. The van der Waals surface area contributed by atoms with Gasteiger partial charge < -0.3 is 4.74 Å². The molecule has 0 bridgehead atoms. The second-order valence-corrected chi connectivity index (χ2v) is 8.46. The predicted molar refractivity (Wildman–Crippen MR) is 106 cm³/mol. The Balaban J connectivity index is 2.01. The summed E-state index contributed by atoms with van der Waals surface area (Å²) in [4.78, 5) is 35.9. The Labute approximate surface area is 169 Å². The average Bonchev–Trinajstić information content (AvgIpc) is 2.72. The van der Waals surface area contributed by atoms with E-state index in [9.17, 15) is 22.8 Å². The van der Waals surface area contributed by atoms with Crippen molar-refractivity contribution < 1.29 is 27.5 Å². The van der Waals surface area contributed by atoms with Crippen LogP contribution in [0.3, 0.4) is 0 Å². The number of amides is 2. The summed E-state index contributed by atoms with van der Waals surface area (Å²) in [6.45, 7) is 2.77. The number of carbonyl (C=O) groups is 3. The normalized spacial score (nSPS) is 11.3. The Kier molecular flexibility index (Phi) is 7.24. The van der Waals surface area contributed by atoms with Crippen molar-refractivity contribution in [1.82, 2.24) is 9.62 Å². The molecule has 8 nitrogen and oxygen atoms in total. The zero-order chi connectivity index (χ0) is 21.6. The first-order valence-electron chi connectivity index (χ1n) is 8.77. The van der Waals surface area contributed by atoms with Crippen LogP contribution < -0.4 is 5.32 Å². The lowest BCUT2D eigenvalue weighted by molar-refractivity contribution is -0.123. The molecular weight excluding hydrogens is 396 g/mol. The molecule has 0 spiro atoms. The van der Waals surface area contributed by atoms with E-state index < -0.39 is 34.4 Å². The highest BCUT2D eigenvalue weighted by Crippen LogP contribution is 2.18. The Morgan fingerprint density at radius 3 is 2.24 bits per heavy atom. The van der Waals surface area contributed by atoms with Crippen molar-refractivity contribution in [1.29, 1.82) is 0 Å². The van der Waals surface area contributed by atoms with Gasteiger partial charge in [0.1, 0.15) is 0 Å². The van der Waals surface area contributed by atoms with E-state index in [2.05, 4.69) is 5.32 Å². The number of sulfonamides is 1. The summed E-state index contributed by atoms with van der Waals surface area (Å²) in [5.74, 6) is -2.29. The Morgan fingerprint density at radius 2 is 1.62 bits per heavy atom. The number of imide groups is 1. The van der Waals surface area contributed by atoms with E-state index in [-0.39, 0.29) is 16.5 Å². The molecule has 0 atom stereocenters. The highest BCUT2D eigenvalue weighted by atomic mass is 32.2. The largest absolute Gasteiger partial charge is 0.452 e. The van der Waals surface area contributed by atoms with Crippen LogP contribution in [0.5, 0.6) is 0 Å². The third kappa shape index (κ3) is 5.72. The van der Waals surface area contributed by atoms with Gasteiger partial charge in [-0.15, -0.1) is 0 Å². The predicted octanol–water partition coefficient (Wildman–Crippen LogP) is 1.83. The van der Waals surface area contributed by atoms with Crippen molar-refractivity contribution >= 4 is 27.8 Å². The summed E-state index contributed by atoms with van der Waals surface area (Å²) in [6.07, 6.45) is 0. The van der Waals surface area contributed by atoms with E-state index >= 15 is 0 Å². The molecule has 2 amide bonds. The Bertz CT molecular complexity index is 1000. The van der Waals surface area contributed by atoms with Gasteiger partial charge in [-0.1, -0.05) is 24.3 Å². The number of ether oxygens (including phenoxy) is 1. The van der Waals surface area contributed by atoms with E-state index in [1.807, 2.05) is 0 Å². The van der Waals surface area contributed by atoms with Crippen LogP contribution in [0.2, 0.25) is 0 Å². The second-order valence-electron chi connectivity index (χ2n) is 6.46. The monoisotopic (exact) mass is 418 g/mol. The number of nitrogens with zero attached hydrogens (tertiary/aromatic N) is 1. The molecule has 0 aliphatic carbocycles. The first kappa shape index (κ1) is 22.3. The maximum atomic E-state index is 12.5. The quantitative estimate of drug-likeness (QED) is 0.687. The van der Waals surface area contributed by atoms with Crippen LogP contribution >= 0.6 is 0 Å². The van der Waals surface area contributed by atoms with Crippen LogP contribution in [0.15, 0.2) is 59.5 Å². The Morgan fingerprint density at radius 1 is 1.00 bits per heavy atom. The van der Waals surface area contributed by atoms with Gasteiger partial charge in [0.05, 0.1) is 10.5 Å². The minimum atomic E-state index is -3.77. The molecule has 0 fully saturated rings. The van der Waals surface area contributed by atoms with Crippen molar-refractivity contribution in [3.8, 4) is 0 Å². The van der Waals surface area contributed by atoms with Crippen molar-refractivity contribution in [2.75, 3.05) is 13.7 Å². The van der Waals surface area contributed by atoms with Gasteiger partial charge in [-0.05, 0) is 44.2 Å². The summed E-state index contributed by atoms with van der Waals surface area (Å²) in [5, 5.41) is 2.11. The number of hydrogen-bond donors (Lipinski definition) is 1. The molecule has 0 unspecified atom stereocenters. The van der Waals surface area contributed by atoms with E-state index in [0.717, 1.165) is 0 Å². The molecule has 0 heterocycles. The van der Waals surface area contributed by atoms with Crippen LogP contribution in [-0.2, 0) is 19.6 Å². The summed E-state index contributed by atoms with van der Waals surface area (Å²) >= 11 is 0. The Hall–Kier alpha value is -3.04. The van der Waals surface area contributed by atoms with Gasteiger partial charge >= 0.3 is 5.97 Å². The lowest BCUT2D eigenvalue weighted by Gasteiger charge is -2.21. The van der Waals surface area contributed by atoms with Crippen molar-refractivity contribution in [3.63, 3.8) is 0 Å². The number of rotatable bonds is 7. The van der Waals surface area contributed by atoms with E-state index in [0.29, 0.717) is 5.56 Å². The van der Waals surface area contributed by atoms with Crippen molar-refractivity contribution in [3.05, 3.63) is 65.7 Å². The molecule has 154 valence electrons. The molecule has 0 saturated heterocycles. The molecule has 0 saturated carbocycles. The van der Waals surface area contributed by atoms with E-state index in [1.54, 1.807) is 32.0 Å². The van der Waals surface area contributed by atoms with Gasteiger partial charge in [0, 0.05) is 18.7 Å². The molecule has 0 aliphatic heterocycles. The topological polar surface area (TPSA) is 110 Å². The van der Waals surface area contributed by atoms with Crippen LogP contribution in [0.25, 0.3) is 0 Å². The first-order chi connectivity index (χ1) is 13.6. The van der Waals surface area contributed by atoms with E-state index in [1.165, 1.54) is 47.8 Å². The summed E-state index contributed by atoms with van der Waals surface area (Å²) in [6, 6.07) is 13.2. The fourth-order valence-corrected chi connectivity index (χ4v) is 3.68. The summed E-state index contributed by atoms with van der Waals surface area (Å²) in [7, 11) is -2.33. The lowest BCUT2D eigenvalue weighted by Crippen LogP contribution is -2.34. The van der Waals surface area contributed by atoms with Gasteiger partial charge in [0.15, 0.2) is 6.61 Å². The number of esters is 1. The highest BCUT2D eigenvalue weighted by Gasteiger charge is 2.24. The molecule has 0 aliphatic rings. The molecule has 0 aromatic heterocycles. The van der Waals surface area contributed by atoms with Crippen molar-refractivity contribution in [2.24, 2.45) is 0 Å². The number of hydrogen-bond acceptors (Lipinski definition) is 6. The van der Waals surface area contributed by atoms with Gasteiger partial charge in [-0.2, -0.15) is 4.31 Å². The smallest absolute Gasteiger partial charge is 0.338 e. The average molecular weight is 418 g/mol. The maximum Gasteiger partial charge on any atom is 0.338 e. The standard InChI is InChI=1S/C20H22N2O6S/c1-14(2)22(3)29(26,27)17-11-7-10-16(12-17)20(25)28-13-18(23)21-19(24)15-8-5-4-6-9-15/h4-12,14H,13H2,1-3H3,(H,21,23,24). The van der Waals surface area contributed by atoms with Crippen LogP contribution in [0.1, 0.15) is 34.6 Å². The zero-order valence-electron chi connectivity index (χ0n) is 16.3. The third-order valence-corrected chi connectivity index (χ3v) is 6.13. The molecule has 2 aromatic rings. The van der Waals surface area contributed by atoms with Crippen LogP contribution in [-0.4, -0.2) is 50.2 Å². The second kappa shape index (κ2) is 9.44. The van der Waals surface area contributed by atoms with Crippen molar-refractivity contribution in [2.45, 2.75) is 24.8 Å². The molecule has 1 N–H and O–H groups in total. The minimum Gasteiger partial charge on any atom is -0.452 e. The SMILES string of the molecule is CC(C)N(C)S(=O)(=O)c1cccc(C(=O)OCC(=O)NC(=O)c2ccccc2)c1. The minimum absolute atomic E-state index is 0.0228. The zero-order valence-corrected chi connectivity index (χ0v) is 17.1. The molecule has 2 aromatic carbocycles. The fraction of sp³-hybridized carbons (Fsp3) is 0.250. The number of benzene rings is 2. The molecule has 2 rings (SSSR count). The van der Waals surface area contributed by atoms with Gasteiger partial charge in [0.25, 0.3) is 11.8 Å². The maximum absolute atomic E-state index is 12.5. The molecule has 29 heavy (non-hydrogen) atoms. The lowest BCUT2D eigenvalue weighted by atomic mass is 10.2. The van der Waals surface area contributed by atoms with Gasteiger partial charge in [0.2, 0.25) is 10.0 Å². The van der Waals surface area contributed by atoms with Gasteiger partial charge in [-0.25, -0.2) is 13.2 Å². The third-order valence-electron chi connectivity index (χ3n) is 4.10. The van der Waals surface area contributed by atoms with Crippen LogP contribution in [0.4, 0.5) is 0 Å². The molecule has 9 heteroatoms. The highest BCUT2D eigenvalue weighted by molar-refractivity contribution is 7.89. The van der Waals surface area contributed by atoms with Crippen LogP contribution in [0, 0.1) is 0 Å². The number of nitrogens with one attached hydrogen (secondary N) is 1. The van der Waals surface area contributed by atoms with Gasteiger partial charge in [-0.3, -0.25) is 14.9 Å². The molecular formula is C20H22N2O6S.